The number of carbonyl (C=O) groups is 1. The van der Waals surface area contributed by atoms with E-state index >= 15 is 0 Å². The van der Waals surface area contributed by atoms with Gasteiger partial charge in [-0.05, 0) is 48.6 Å². The number of carboxylic acids is 1. The number of carboxylic acid groups (broad SMARTS) is 1. The van der Waals surface area contributed by atoms with Gasteiger partial charge < -0.3 is 10.4 Å². The predicted octanol–water partition coefficient (Wildman–Crippen LogP) is 4.30. The molecule has 3 heteroatoms. The summed E-state index contributed by atoms with van der Waals surface area (Å²) < 4.78 is 0. The molecule has 0 heterocycles. The maximum Gasteiger partial charge on any atom is 0.335 e. The van der Waals surface area contributed by atoms with Crippen molar-refractivity contribution in [1.82, 2.24) is 0 Å². The van der Waals surface area contributed by atoms with E-state index in [1.807, 2.05) is 19.1 Å². The molecule has 0 aliphatic carbocycles. The highest BCUT2D eigenvalue weighted by Gasteiger charge is 2.07. The lowest BCUT2D eigenvalue weighted by Crippen LogP contribution is -2.07. The molecule has 21 heavy (non-hydrogen) atoms. The normalized spacial score (nSPS) is 11.9. The fraction of sp³-hybridized carbons (Fsp3) is 0.278. The highest BCUT2D eigenvalue weighted by molar-refractivity contribution is 5.88. The topological polar surface area (TPSA) is 49.3 Å². The number of rotatable bonds is 6. The monoisotopic (exact) mass is 283 g/mol. The van der Waals surface area contributed by atoms with Crippen molar-refractivity contribution in [3.63, 3.8) is 0 Å². The summed E-state index contributed by atoms with van der Waals surface area (Å²) in [6.07, 6.45) is 1.03. The minimum absolute atomic E-state index is 0.329. The van der Waals surface area contributed by atoms with E-state index in [0.717, 1.165) is 24.2 Å². The molecule has 0 aromatic heterocycles. The Bertz CT molecular complexity index is 608. The molecule has 0 spiro atoms. The third-order valence-electron chi connectivity index (χ3n) is 3.73. The van der Waals surface area contributed by atoms with Gasteiger partial charge in [-0.25, -0.2) is 4.79 Å². The molecule has 0 aliphatic rings. The molecular weight excluding hydrogens is 262 g/mol. The molecule has 1 unspecified atom stereocenters. The zero-order valence-corrected chi connectivity index (χ0v) is 12.5. The van der Waals surface area contributed by atoms with Gasteiger partial charge in [0.1, 0.15) is 0 Å². The summed E-state index contributed by atoms with van der Waals surface area (Å²) >= 11 is 0. The highest BCUT2D eigenvalue weighted by Crippen LogP contribution is 2.20. The average Bonchev–Trinajstić information content (AvgIpc) is 2.49. The Kier molecular flexibility index (Phi) is 4.99. The molecule has 3 nitrogen and oxygen atoms in total. The highest BCUT2D eigenvalue weighted by atomic mass is 16.4. The van der Waals surface area contributed by atoms with Crippen LogP contribution < -0.4 is 5.32 Å². The van der Waals surface area contributed by atoms with Crippen molar-refractivity contribution in [3.05, 3.63) is 65.2 Å². The van der Waals surface area contributed by atoms with Crippen LogP contribution in [0.4, 0.5) is 5.69 Å². The molecule has 0 saturated heterocycles. The molecular formula is C18H21NO2. The third-order valence-corrected chi connectivity index (χ3v) is 3.73. The SMILES string of the molecule is Cc1cc(C(=O)O)ccc1NCCC(C)c1ccccc1. The van der Waals surface area contributed by atoms with Crippen molar-refractivity contribution in [2.75, 3.05) is 11.9 Å². The molecule has 0 radical (unpaired) electrons. The first-order chi connectivity index (χ1) is 10.1. The lowest BCUT2D eigenvalue weighted by Gasteiger charge is -2.14. The van der Waals surface area contributed by atoms with Gasteiger partial charge in [-0.15, -0.1) is 0 Å². The first-order valence-corrected chi connectivity index (χ1v) is 7.20. The molecule has 2 N–H and O–H groups in total. The number of aryl methyl sites for hydroxylation is 1. The van der Waals surface area contributed by atoms with Crippen LogP contribution in [0, 0.1) is 6.92 Å². The van der Waals surface area contributed by atoms with Gasteiger partial charge in [0.2, 0.25) is 0 Å². The van der Waals surface area contributed by atoms with Gasteiger partial charge in [0.25, 0.3) is 0 Å². The summed E-state index contributed by atoms with van der Waals surface area (Å²) in [6, 6.07) is 15.6. The molecule has 0 fully saturated rings. The van der Waals surface area contributed by atoms with Crippen molar-refractivity contribution in [3.8, 4) is 0 Å². The molecule has 2 aromatic rings. The summed E-state index contributed by atoms with van der Waals surface area (Å²) in [6.45, 7) is 5.01. The van der Waals surface area contributed by atoms with Crippen molar-refractivity contribution < 1.29 is 9.90 Å². The van der Waals surface area contributed by atoms with Crippen molar-refractivity contribution in [2.45, 2.75) is 26.2 Å². The van der Waals surface area contributed by atoms with E-state index in [9.17, 15) is 4.79 Å². The summed E-state index contributed by atoms with van der Waals surface area (Å²) in [5.41, 5.74) is 3.63. The lowest BCUT2D eigenvalue weighted by molar-refractivity contribution is 0.0697. The summed E-state index contributed by atoms with van der Waals surface area (Å²) in [4.78, 5) is 10.9. The van der Waals surface area contributed by atoms with Gasteiger partial charge in [-0.3, -0.25) is 0 Å². The van der Waals surface area contributed by atoms with Crippen molar-refractivity contribution in [2.24, 2.45) is 0 Å². The molecule has 2 aromatic carbocycles. The molecule has 0 saturated carbocycles. The van der Waals surface area contributed by atoms with Gasteiger partial charge >= 0.3 is 5.97 Å². The summed E-state index contributed by atoms with van der Waals surface area (Å²) in [7, 11) is 0. The van der Waals surface area contributed by atoms with Crippen LogP contribution in [0.15, 0.2) is 48.5 Å². The van der Waals surface area contributed by atoms with Crippen LogP contribution in [0.25, 0.3) is 0 Å². The number of benzene rings is 2. The molecule has 1 atom stereocenters. The Hall–Kier alpha value is -2.29. The largest absolute Gasteiger partial charge is 0.478 e. The summed E-state index contributed by atoms with van der Waals surface area (Å²) in [5.74, 6) is -0.389. The van der Waals surface area contributed by atoms with Crippen LogP contribution >= 0.6 is 0 Å². The van der Waals surface area contributed by atoms with Crippen molar-refractivity contribution in [1.29, 1.82) is 0 Å². The van der Waals surface area contributed by atoms with Gasteiger partial charge in [0.05, 0.1) is 5.56 Å². The fourth-order valence-electron chi connectivity index (χ4n) is 2.37. The van der Waals surface area contributed by atoms with Crippen LogP contribution in [0.3, 0.4) is 0 Å². The molecule has 0 amide bonds. The maximum absolute atomic E-state index is 10.9. The van der Waals surface area contributed by atoms with Crippen LogP contribution in [0.5, 0.6) is 0 Å². The quantitative estimate of drug-likeness (QED) is 0.831. The van der Waals surface area contributed by atoms with E-state index in [0.29, 0.717) is 11.5 Å². The molecule has 110 valence electrons. The fourth-order valence-corrected chi connectivity index (χ4v) is 2.37. The van der Waals surface area contributed by atoms with E-state index in [1.54, 1.807) is 12.1 Å². The minimum Gasteiger partial charge on any atom is -0.478 e. The van der Waals surface area contributed by atoms with E-state index in [1.165, 1.54) is 5.56 Å². The first kappa shape index (κ1) is 15.1. The third kappa shape index (κ3) is 4.09. The zero-order valence-electron chi connectivity index (χ0n) is 12.5. The second kappa shape index (κ2) is 6.93. The predicted molar refractivity (Wildman–Crippen MR) is 86.1 cm³/mol. The Morgan fingerprint density at radius 1 is 1.19 bits per heavy atom. The lowest BCUT2D eigenvalue weighted by atomic mass is 9.98. The number of anilines is 1. The first-order valence-electron chi connectivity index (χ1n) is 7.20. The number of hydrogen-bond donors (Lipinski definition) is 2. The van der Waals surface area contributed by atoms with E-state index in [2.05, 4.69) is 36.5 Å². The van der Waals surface area contributed by atoms with Gasteiger partial charge in [-0.2, -0.15) is 0 Å². The smallest absolute Gasteiger partial charge is 0.335 e. The van der Waals surface area contributed by atoms with E-state index < -0.39 is 5.97 Å². The van der Waals surface area contributed by atoms with E-state index in [4.69, 9.17) is 5.11 Å². The maximum atomic E-state index is 10.9. The van der Waals surface area contributed by atoms with Crippen LogP contribution in [-0.4, -0.2) is 17.6 Å². The van der Waals surface area contributed by atoms with Crippen LogP contribution in [0.1, 0.15) is 40.7 Å². The number of nitrogens with one attached hydrogen (secondary N) is 1. The average molecular weight is 283 g/mol. The Balaban J connectivity index is 1.90. The standard InChI is InChI=1S/C18H21NO2/c1-13(15-6-4-3-5-7-15)10-11-19-17-9-8-16(18(20)21)12-14(17)2/h3-9,12-13,19H,10-11H2,1-2H3,(H,20,21). The Morgan fingerprint density at radius 2 is 1.90 bits per heavy atom. The number of aromatic carboxylic acids is 1. The van der Waals surface area contributed by atoms with Gasteiger partial charge in [0, 0.05) is 12.2 Å². The molecule has 2 rings (SSSR count). The minimum atomic E-state index is -0.887. The van der Waals surface area contributed by atoms with Crippen LogP contribution in [-0.2, 0) is 0 Å². The number of hydrogen-bond acceptors (Lipinski definition) is 2. The molecule has 0 aliphatic heterocycles. The van der Waals surface area contributed by atoms with Crippen molar-refractivity contribution >= 4 is 11.7 Å². The zero-order chi connectivity index (χ0) is 15.2. The Labute approximate surface area is 125 Å². The second-order valence-corrected chi connectivity index (χ2v) is 5.36. The summed E-state index contributed by atoms with van der Waals surface area (Å²) in [5, 5.41) is 12.3. The Morgan fingerprint density at radius 3 is 2.52 bits per heavy atom. The van der Waals surface area contributed by atoms with Crippen LogP contribution in [0.2, 0.25) is 0 Å². The second-order valence-electron chi connectivity index (χ2n) is 5.36. The van der Waals surface area contributed by atoms with E-state index in [-0.39, 0.29) is 0 Å². The van der Waals surface area contributed by atoms with Gasteiger partial charge in [0.15, 0.2) is 0 Å². The molecule has 0 bridgehead atoms. The van der Waals surface area contributed by atoms with Gasteiger partial charge in [-0.1, -0.05) is 37.3 Å².